The molecule has 0 bridgehead atoms. The van der Waals surface area contributed by atoms with E-state index in [1.807, 2.05) is 0 Å². The lowest BCUT2D eigenvalue weighted by Crippen LogP contribution is -2.42. The van der Waals surface area contributed by atoms with Crippen LogP contribution in [0.2, 0.25) is 0 Å². The fraction of sp³-hybridized carbons (Fsp3) is 0.450. The lowest BCUT2D eigenvalue weighted by Gasteiger charge is -2.22. The molecule has 0 saturated carbocycles. The maximum Gasteiger partial charge on any atom is 0.305 e. The second-order valence-corrected chi connectivity index (χ2v) is 6.47. The molecule has 0 radical (unpaired) electrons. The van der Waals surface area contributed by atoms with Gasteiger partial charge in [0.1, 0.15) is 19.0 Å². The molecule has 1 heterocycles. The molecule has 0 spiro atoms. The maximum atomic E-state index is 11.2. The van der Waals surface area contributed by atoms with Gasteiger partial charge in [0, 0.05) is 33.3 Å². The summed E-state index contributed by atoms with van der Waals surface area (Å²) in [6.45, 7) is 4.40. The molecule has 4 atom stereocenters. The minimum Gasteiger partial charge on any atom is -0.504 e. The number of phenolic OH excluding ortho intramolecular Hbond substituents is 2. The van der Waals surface area contributed by atoms with Crippen molar-refractivity contribution in [2.24, 2.45) is 0 Å². The van der Waals surface area contributed by atoms with E-state index >= 15 is 0 Å². The van der Waals surface area contributed by atoms with Crippen molar-refractivity contribution in [3.8, 4) is 11.5 Å². The fourth-order valence-electron chi connectivity index (χ4n) is 2.55. The van der Waals surface area contributed by atoms with Crippen LogP contribution >= 0.6 is 0 Å². The Bertz CT molecular complexity index is 849. The smallest absolute Gasteiger partial charge is 0.305 e. The van der Waals surface area contributed by atoms with Crippen LogP contribution in [0.25, 0.3) is 0 Å². The van der Waals surface area contributed by atoms with Crippen LogP contribution in [0.1, 0.15) is 38.1 Å². The highest BCUT2D eigenvalue weighted by Gasteiger charge is 2.51. The Morgan fingerprint density at radius 1 is 0.875 bits per heavy atom. The molecule has 1 aromatic carbocycles. The third-order valence-corrected chi connectivity index (χ3v) is 3.74. The number of hydrogen-bond donors (Lipinski definition) is 2. The number of rotatable bonds is 6. The van der Waals surface area contributed by atoms with Crippen molar-refractivity contribution in [2.45, 2.75) is 52.3 Å². The molecule has 12 heteroatoms. The van der Waals surface area contributed by atoms with Crippen LogP contribution in [0.15, 0.2) is 18.2 Å². The summed E-state index contributed by atoms with van der Waals surface area (Å²) in [4.78, 5) is 54.5. The summed E-state index contributed by atoms with van der Waals surface area (Å²) in [5.41, 5.74) is 0.343. The third-order valence-electron chi connectivity index (χ3n) is 3.74. The Morgan fingerprint density at radius 2 is 1.44 bits per heavy atom. The highest BCUT2D eigenvalue weighted by Crippen LogP contribution is 2.28. The Labute approximate surface area is 183 Å². The molecule has 2 rings (SSSR count). The number of aldehydes is 1. The number of ether oxygens (including phenoxy) is 5. The number of phenols is 2. The van der Waals surface area contributed by atoms with Gasteiger partial charge in [-0.15, -0.1) is 0 Å². The lowest BCUT2D eigenvalue weighted by atomic mass is 10.1. The summed E-state index contributed by atoms with van der Waals surface area (Å²) in [5, 5.41) is 17.6. The number of carbonyl (C=O) groups excluding carboxylic acids is 5. The van der Waals surface area contributed by atoms with Gasteiger partial charge in [0.25, 0.3) is 0 Å². The van der Waals surface area contributed by atoms with E-state index < -0.39 is 48.5 Å². The number of benzene rings is 1. The van der Waals surface area contributed by atoms with Gasteiger partial charge in [0.2, 0.25) is 12.4 Å². The summed E-state index contributed by atoms with van der Waals surface area (Å²) in [6.07, 6.45) is -3.80. The van der Waals surface area contributed by atoms with E-state index in [9.17, 15) is 24.0 Å². The minimum atomic E-state index is -1.26. The standard InChI is InChI=1S/C13H18O9.C7H6O3/c1-6(14)18-5-10-11(19-7(2)15)12(20-8(3)16)13(22-10)21-9(4)17;8-4-5-1-2-6(9)7(10)3-5/h10-13H,5H2,1-4H3;1-4,9-10H/t10-,11-,12-,13-;/m1./s1. The van der Waals surface area contributed by atoms with Crippen molar-refractivity contribution >= 4 is 30.2 Å². The second-order valence-electron chi connectivity index (χ2n) is 6.47. The first-order valence-electron chi connectivity index (χ1n) is 9.22. The van der Waals surface area contributed by atoms with Crippen LogP contribution in [0.5, 0.6) is 11.5 Å². The molecule has 32 heavy (non-hydrogen) atoms. The van der Waals surface area contributed by atoms with Gasteiger partial charge < -0.3 is 33.9 Å². The Kier molecular flexibility index (Phi) is 10.1. The highest BCUT2D eigenvalue weighted by molar-refractivity contribution is 5.76. The molecule has 0 unspecified atom stereocenters. The minimum absolute atomic E-state index is 0.217. The van der Waals surface area contributed by atoms with Gasteiger partial charge in [-0.3, -0.25) is 24.0 Å². The molecule has 1 aliphatic heterocycles. The van der Waals surface area contributed by atoms with Crippen LogP contribution < -0.4 is 0 Å². The number of hydrogen-bond acceptors (Lipinski definition) is 12. The molecule has 1 aromatic rings. The largest absolute Gasteiger partial charge is 0.504 e. The van der Waals surface area contributed by atoms with Crippen LogP contribution in [-0.4, -0.2) is 71.6 Å². The predicted molar refractivity (Wildman–Crippen MR) is 103 cm³/mol. The van der Waals surface area contributed by atoms with Crippen molar-refractivity contribution < 1.29 is 57.9 Å². The van der Waals surface area contributed by atoms with E-state index in [0.29, 0.717) is 11.8 Å². The van der Waals surface area contributed by atoms with E-state index in [-0.39, 0.29) is 18.1 Å². The first-order valence-corrected chi connectivity index (χ1v) is 9.22. The average Bonchev–Trinajstić information content (AvgIpc) is 2.97. The first-order chi connectivity index (χ1) is 14.9. The van der Waals surface area contributed by atoms with Gasteiger partial charge in [-0.05, 0) is 18.2 Å². The predicted octanol–water partition coefficient (Wildman–Crippen LogP) is 0.611. The zero-order valence-electron chi connectivity index (χ0n) is 17.8. The molecule has 0 amide bonds. The van der Waals surface area contributed by atoms with E-state index in [1.165, 1.54) is 25.1 Å². The van der Waals surface area contributed by atoms with Crippen LogP contribution in [-0.2, 0) is 42.9 Å². The van der Waals surface area contributed by atoms with Crippen molar-refractivity contribution in [2.75, 3.05) is 6.61 Å². The quantitative estimate of drug-likeness (QED) is 0.265. The molecule has 2 N–H and O–H groups in total. The van der Waals surface area contributed by atoms with E-state index in [1.54, 1.807) is 0 Å². The third kappa shape index (κ3) is 8.60. The van der Waals surface area contributed by atoms with Crippen molar-refractivity contribution in [3.63, 3.8) is 0 Å². The SMILES string of the molecule is CC(=O)OC[C@H]1O[C@@H](OC(C)=O)[C@H](OC(C)=O)[C@@H]1OC(C)=O.O=Cc1ccc(O)c(O)c1. The molecule has 176 valence electrons. The van der Waals surface area contributed by atoms with Gasteiger partial charge in [-0.25, -0.2) is 0 Å². The molecule has 0 aliphatic carbocycles. The Balaban J connectivity index is 0.000000425. The molecule has 0 aromatic heterocycles. The zero-order chi connectivity index (χ0) is 24.4. The Hall–Kier alpha value is -3.67. The van der Waals surface area contributed by atoms with Crippen LogP contribution in [0, 0.1) is 0 Å². The van der Waals surface area contributed by atoms with Gasteiger partial charge in [-0.2, -0.15) is 0 Å². The number of esters is 4. The van der Waals surface area contributed by atoms with Gasteiger partial charge in [-0.1, -0.05) is 0 Å². The van der Waals surface area contributed by atoms with Crippen LogP contribution in [0.4, 0.5) is 0 Å². The van der Waals surface area contributed by atoms with E-state index in [4.69, 9.17) is 33.9 Å². The second kappa shape index (κ2) is 12.2. The average molecular weight is 456 g/mol. The van der Waals surface area contributed by atoms with Crippen molar-refractivity contribution in [1.82, 2.24) is 0 Å². The topological polar surface area (TPSA) is 172 Å². The van der Waals surface area contributed by atoms with Gasteiger partial charge in [0.15, 0.2) is 17.6 Å². The normalized spacial score (nSPS) is 21.4. The molecule has 1 fully saturated rings. The maximum absolute atomic E-state index is 11.2. The van der Waals surface area contributed by atoms with E-state index in [2.05, 4.69) is 0 Å². The van der Waals surface area contributed by atoms with E-state index in [0.717, 1.165) is 20.8 Å². The van der Waals surface area contributed by atoms with Crippen molar-refractivity contribution in [1.29, 1.82) is 0 Å². The van der Waals surface area contributed by atoms with Crippen LogP contribution in [0.3, 0.4) is 0 Å². The summed E-state index contributed by atoms with van der Waals surface area (Å²) >= 11 is 0. The fourth-order valence-corrected chi connectivity index (χ4v) is 2.55. The summed E-state index contributed by atoms with van der Waals surface area (Å²) in [5.74, 6) is -3.05. The first kappa shape index (κ1) is 26.4. The molecule has 12 nitrogen and oxygen atoms in total. The molecule has 1 saturated heterocycles. The van der Waals surface area contributed by atoms with Gasteiger partial charge in [0.05, 0.1) is 0 Å². The highest BCUT2D eigenvalue weighted by atomic mass is 16.8. The molecular formula is C20H24O12. The number of aromatic hydroxyl groups is 2. The monoisotopic (exact) mass is 456 g/mol. The summed E-state index contributed by atoms with van der Waals surface area (Å²) in [7, 11) is 0. The van der Waals surface area contributed by atoms with Crippen molar-refractivity contribution in [3.05, 3.63) is 23.8 Å². The Morgan fingerprint density at radius 3 is 1.91 bits per heavy atom. The van der Waals surface area contributed by atoms with Gasteiger partial charge >= 0.3 is 23.9 Å². The lowest BCUT2D eigenvalue weighted by molar-refractivity contribution is -0.197. The number of carbonyl (C=O) groups is 5. The summed E-state index contributed by atoms with van der Waals surface area (Å²) < 4.78 is 25.2. The molecule has 1 aliphatic rings. The zero-order valence-corrected chi connectivity index (χ0v) is 17.8. The summed E-state index contributed by atoms with van der Waals surface area (Å²) in [6, 6.07) is 3.88. The molecular weight excluding hydrogens is 432 g/mol.